The molecule has 3 aromatic rings. The van der Waals surface area contributed by atoms with Gasteiger partial charge in [-0.3, -0.25) is 4.98 Å². The van der Waals surface area contributed by atoms with Crippen molar-refractivity contribution in [3.63, 3.8) is 0 Å². The largest absolute Gasteiger partial charge is 0.497 e. The molecule has 4 nitrogen and oxygen atoms in total. The van der Waals surface area contributed by atoms with Crippen LogP contribution in [-0.2, 0) is 5.41 Å². The second-order valence-corrected chi connectivity index (χ2v) is 7.28. The van der Waals surface area contributed by atoms with E-state index in [9.17, 15) is 0 Å². The molecule has 0 radical (unpaired) electrons. The van der Waals surface area contributed by atoms with Crippen LogP contribution in [-0.4, -0.2) is 17.1 Å². The number of nitrogens with two attached hydrogens (primary N) is 1. The molecule has 0 spiro atoms. The maximum Gasteiger partial charge on any atom is 0.180 e. The summed E-state index contributed by atoms with van der Waals surface area (Å²) in [7, 11) is 1.67. The van der Waals surface area contributed by atoms with Crippen molar-refractivity contribution in [2.75, 3.05) is 12.8 Å². The predicted octanol–water partition coefficient (Wildman–Crippen LogP) is 4.43. The number of nitrogen functional groups attached to an aromatic ring is 1. The van der Waals surface area contributed by atoms with E-state index < -0.39 is 0 Å². The second-order valence-electron chi connectivity index (χ2n) is 6.25. The minimum absolute atomic E-state index is 0.216. The van der Waals surface area contributed by atoms with Crippen LogP contribution in [0.4, 0.5) is 5.13 Å². The zero-order valence-corrected chi connectivity index (χ0v) is 15.1. The topological polar surface area (TPSA) is 61.0 Å². The number of rotatable bonds is 4. The zero-order chi connectivity index (χ0) is 17.3. The monoisotopic (exact) mass is 339 g/mol. The molecule has 3 rings (SSSR count). The van der Waals surface area contributed by atoms with Crippen molar-refractivity contribution in [1.82, 2.24) is 9.97 Å². The number of hydrogen-bond acceptors (Lipinski definition) is 5. The number of hydrogen-bond donors (Lipinski definition) is 1. The first-order chi connectivity index (χ1) is 11.4. The van der Waals surface area contributed by atoms with Gasteiger partial charge in [0.25, 0.3) is 0 Å². The van der Waals surface area contributed by atoms with Gasteiger partial charge in [0.1, 0.15) is 5.75 Å². The summed E-state index contributed by atoms with van der Waals surface area (Å²) in [5, 5.41) is 0.593. The molecule has 0 bridgehead atoms. The molecule has 2 aromatic heterocycles. The number of ether oxygens (including phenoxy) is 1. The van der Waals surface area contributed by atoms with Crippen molar-refractivity contribution in [1.29, 1.82) is 0 Å². The highest BCUT2D eigenvalue weighted by Gasteiger charge is 2.25. The summed E-state index contributed by atoms with van der Waals surface area (Å²) in [6.07, 6.45) is 1.85. The van der Waals surface area contributed by atoms with Crippen molar-refractivity contribution in [2.45, 2.75) is 26.2 Å². The average Bonchev–Trinajstić information content (AvgIpc) is 2.93. The smallest absolute Gasteiger partial charge is 0.180 e. The van der Waals surface area contributed by atoms with E-state index in [4.69, 9.17) is 10.5 Å². The van der Waals surface area contributed by atoms with Gasteiger partial charge in [0.15, 0.2) is 5.13 Å². The Labute approximate surface area is 146 Å². The number of thiazole rings is 1. The van der Waals surface area contributed by atoms with Crippen LogP contribution in [0.2, 0.25) is 0 Å². The minimum atomic E-state index is -0.216. The first-order valence-corrected chi connectivity index (χ1v) is 8.58. The van der Waals surface area contributed by atoms with Crippen LogP contribution in [0, 0.1) is 6.92 Å². The van der Waals surface area contributed by atoms with Crippen molar-refractivity contribution in [2.24, 2.45) is 0 Å². The molecule has 0 saturated carbocycles. The van der Waals surface area contributed by atoms with Gasteiger partial charge in [0, 0.05) is 11.6 Å². The number of benzene rings is 1. The summed E-state index contributed by atoms with van der Waals surface area (Å²) < 4.78 is 5.25. The lowest BCUT2D eigenvalue weighted by Gasteiger charge is -2.25. The number of anilines is 1. The predicted molar refractivity (Wildman–Crippen MR) is 99.6 cm³/mol. The summed E-state index contributed by atoms with van der Waals surface area (Å²) in [5.41, 5.74) is 9.88. The molecule has 0 fully saturated rings. The van der Waals surface area contributed by atoms with Gasteiger partial charge in [-0.25, -0.2) is 4.98 Å². The first kappa shape index (κ1) is 16.5. The molecule has 2 N–H and O–H groups in total. The fraction of sp³-hybridized carbons (Fsp3) is 0.263. The van der Waals surface area contributed by atoms with Gasteiger partial charge in [-0.2, -0.15) is 0 Å². The van der Waals surface area contributed by atoms with Crippen molar-refractivity contribution in [3.05, 3.63) is 59.5 Å². The number of aryl methyl sites for hydroxylation is 1. The van der Waals surface area contributed by atoms with Crippen LogP contribution < -0.4 is 10.5 Å². The number of methoxy groups -OCH3 is 1. The second kappa shape index (κ2) is 6.24. The summed E-state index contributed by atoms with van der Waals surface area (Å²) in [6, 6.07) is 12.3. The van der Waals surface area contributed by atoms with E-state index in [-0.39, 0.29) is 5.41 Å². The Bertz CT molecular complexity index is 853. The maximum absolute atomic E-state index is 5.84. The Morgan fingerprint density at radius 1 is 1.12 bits per heavy atom. The summed E-state index contributed by atoms with van der Waals surface area (Å²) >= 11 is 1.51. The van der Waals surface area contributed by atoms with Gasteiger partial charge in [0.05, 0.1) is 23.4 Å². The molecular formula is C19H21N3OS. The molecular weight excluding hydrogens is 318 g/mol. The summed E-state index contributed by atoms with van der Waals surface area (Å²) in [6.45, 7) is 6.33. The third-order valence-electron chi connectivity index (χ3n) is 4.29. The molecule has 0 aliphatic heterocycles. The highest BCUT2D eigenvalue weighted by Crippen LogP contribution is 2.36. The Morgan fingerprint density at radius 2 is 1.83 bits per heavy atom. The van der Waals surface area contributed by atoms with Crippen LogP contribution in [0.25, 0.3) is 10.4 Å². The van der Waals surface area contributed by atoms with Gasteiger partial charge in [-0.15, -0.1) is 0 Å². The standard InChI is InChI=1S/C19H21N3OS/c1-12-17(24-18(20)22-12)13-9-10-21-16(11-13)19(2,3)14-5-7-15(23-4)8-6-14/h5-11H,1-4H3,(H2,20,22). The Balaban J connectivity index is 2.01. The van der Waals surface area contributed by atoms with Crippen molar-refractivity contribution in [3.8, 4) is 16.2 Å². The molecule has 0 atom stereocenters. The highest BCUT2D eigenvalue weighted by atomic mass is 32.1. The summed E-state index contributed by atoms with van der Waals surface area (Å²) in [4.78, 5) is 10.0. The third kappa shape index (κ3) is 2.99. The zero-order valence-electron chi connectivity index (χ0n) is 14.3. The molecule has 0 aliphatic carbocycles. The van der Waals surface area contributed by atoms with Gasteiger partial charge in [0.2, 0.25) is 0 Å². The molecule has 0 aliphatic rings. The fourth-order valence-electron chi connectivity index (χ4n) is 2.75. The van der Waals surface area contributed by atoms with Crippen LogP contribution in [0.15, 0.2) is 42.6 Å². The van der Waals surface area contributed by atoms with E-state index in [0.29, 0.717) is 5.13 Å². The molecule has 1 aromatic carbocycles. The lowest BCUT2D eigenvalue weighted by molar-refractivity contribution is 0.414. The first-order valence-electron chi connectivity index (χ1n) is 7.76. The summed E-state index contributed by atoms with van der Waals surface area (Å²) in [5.74, 6) is 0.854. The van der Waals surface area contributed by atoms with E-state index in [2.05, 4.69) is 42.0 Å². The molecule has 2 heterocycles. The van der Waals surface area contributed by atoms with Crippen molar-refractivity contribution < 1.29 is 4.74 Å². The Kier molecular flexibility index (Phi) is 4.28. The van der Waals surface area contributed by atoms with Gasteiger partial charge in [-0.1, -0.05) is 37.3 Å². The number of nitrogens with zero attached hydrogens (tertiary/aromatic N) is 2. The van der Waals surface area contributed by atoms with Crippen LogP contribution in [0.1, 0.15) is 30.8 Å². The normalized spacial score (nSPS) is 11.5. The maximum atomic E-state index is 5.84. The molecule has 24 heavy (non-hydrogen) atoms. The van der Waals surface area contributed by atoms with Gasteiger partial charge >= 0.3 is 0 Å². The Hall–Kier alpha value is -2.40. The third-order valence-corrected chi connectivity index (χ3v) is 5.32. The van der Waals surface area contributed by atoms with Crippen LogP contribution in [0.5, 0.6) is 5.75 Å². The molecule has 124 valence electrons. The van der Waals surface area contributed by atoms with Crippen molar-refractivity contribution >= 4 is 16.5 Å². The number of aromatic nitrogens is 2. The van der Waals surface area contributed by atoms with Gasteiger partial charge < -0.3 is 10.5 Å². The minimum Gasteiger partial charge on any atom is -0.497 e. The number of pyridine rings is 1. The lowest BCUT2D eigenvalue weighted by Crippen LogP contribution is -2.20. The van der Waals surface area contributed by atoms with E-state index in [1.165, 1.54) is 16.9 Å². The van der Waals surface area contributed by atoms with E-state index in [1.807, 2.05) is 31.3 Å². The average molecular weight is 339 g/mol. The Morgan fingerprint density at radius 3 is 2.42 bits per heavy atom. The molecule has 0 unspecified atom stereocenters. The van der Waals surface area contributed by atoms with Crippen LogP contribution >= 0.6 is 11.3 Å². The molecule has 5 heteroatoms. The van der Waals surface area contributed by atoms with Gasteiger partial charge in [-0.05, 0) is 42.3 Å². The highest BCUT2D eigenvalue weighted by molar-refractivity contribution is 7.18. The molecule has 0 amide bonds. The van der Waals surface area contributed by atoms with E-state index >= 15 is 0 Å². The quantitative estimate of drug-likeness (QED) is 0.764. The van der Waals surface area contributed by atoms with E-state index in [1.54, 1.807) is 7.11 Å². The fourth-order valence-corrected chi connectivity index (χ4v) is 3.58. The van der Waals surface area contributed by atoms with Crippen LogP contribution in [0.3, 0.4) is 0 Å². The molecule has 0 saturated heterocycles. The SMILES string of the molecule is COc1ccc(C(C)(C)c2cc(-c3sc(N)nc3C)ccn2)cc1. The van der Waals surface area contributed by atoms with E-state index in [0.717, 1.165) is 27.6 Å². The lowest BCUT2D eigenvalue weighted by atomic mass is 9.80.